The smallest absolute Gasteiger partial charge is 0.275 e. The van der Waals surface area contributed by atoms with Crippen LogP contribution in [0, 0.1) is 0 Å². The molecule has 0 aliphatic rings. The predicted octanol–water partition coefficient (Wildman–Crippen LogP) is 4.98. The monoisotopic (exact) mass is 469 g/mol. The van der Waals surface area contributed by atoms with Crippen LogP contribution in [0.4, 0.5) is 5.69 Å². The lowest BCUT2D eigenvalue weighted by atomic mass is 10.3. The fourth-order valence-corrected chi connectivity index (χ4v) is 4.16. The number of pyridine rings is 1. The number of anilines is 1. The van der Waals surface area contributed by atoms with E-state index in [0.29, 0.717) is 5.69 Å². The van der Waals surface area contributed by atoms with Crippen LogP contribution in [0.1, 0.15) is 24.3 Å². The molecule has 2 aromatic rings. The Hall–Kier alpha value is -1.09. The van der Waals surface area contributed by atoms with Crippen LogP contribution in [0.15, 0.2) is 29.2 Å². The maximum Gasteiger partial charge on any atom is 0.275 e. The van der Waals surface area contributed by atoms with Gasteiger partial charge >= 0.3 is 0 Å². The summed E-state index contributed by atoms with van der Waals surface area (Å²) < 4.78 is 26.2. The molecule has 2 rings (SSSR count). The molecule has 146 valence electrons. The summed E-state index contributed by atoms with van der Waals surface area (Å²) >= 11 is 23.6. The predicted molar refractivity (Wildman–Crippen MR) is 109 cm³/mol. The summed E-state index contributed by atoms with van der Waals surface area (Å²) in [5.41, 5.74) is 0.138. The zero-order valence-corrected chi connectivity index (χ0v) is 18.3. The van der Waals surface area contributed by atoms with E-state index >= 15 is 0 Å². The van der Waals surface area contributed by atoms with Crippen molar-refractivity contribution in [3.05, 3.63) is 50.2 Å². The Balaban J connectivity index is 2.26. The minimum absolute atomic E-state index is 0.0521. The zero-order chi connectivity index (χ0) is 20.5. The molecule has 1 aromatic carbocycles. The van der Waals surface area contributed by atoms with Gasteiger partial charge in [-0.25, -0.2) is 13.4 Å². The molecule has 0 saturated carbocycles. The minimum Gasteiger partial charge on any atom is -0.321 e. The molecule has 1 amide bonds. The highest BCUT2D eigenvalue weighted by atomic mass is 35.5. The second-order valence-electron chi connectivity index (χ2n) is 5.79. The highest BCUT2D eigenvalue weighted by molar-refractivity contribution is 7.89. The molecular formula is C16H15Cl4N3O3S. The number of hydrogen-bond donors (Lipinski definition) is 1. The van der Waals surface area contributed by atoms with Gasteiger partial charge in [-0.05, 0) is 38.1 Å². The second-order valence-corrected chi connectivity index (χ2v) is 9.28. The number of aromatic nitrogens is 1. The van der Waals surface area contributed by atoms with Gasteiger partial charge in [-0.2, -0.15) is 4.31 Å². The molecule has 0 spiro atoms. The number of rotatable bonds is 5. The summed E-state index contributed by atoms with van der Waals surface area (Å²) in [6.07, 6.45) is 0. The first-order chi connectivity index (χ1) is 12.5. The summed E-state index contributed by atoms with van der Waals surface area (Å²) in [4.78, 5) is 16.3. The van der Waals surface area contributed by atoms with Gasteiger partial charge in [0.1, 0.15) is 10.8 Å². The lowest BCUT2D eigenvalue weighted by Crippen LogP contribution is -2.33. The zero-order valence-electron chi connectivity index (χ0n) is 14.4. The third kappa shape index (κ3) is 4.67. The van der Waals surface area contributed by atoms with E-state index in [4.69, 9.17) is 46.4 Å². The van der Waals surface area contributed by atoms with Crippen LogP contribution in [0.3, 0.4) is 0 Å². The molecule has 27 heavy (non-hydrogen) atoms. The standard InChI is InChI=1S/C16H15Cl4N3O3S/c1-8(2)23(3)27(25,26)10-6-4-9(5-7-10)21-16(24)14-12(18)11(17)13(19)15(20)22-14/h4-8H,1-3H3,(H,21,24). The molecule has 0 saturated heterocycles. The van der Waals surface area contributed by atoms with Gasteiger partial charge in [0.25, 0.3) is 5.91 Å². The van der Waals surface area contributed by atoms with E-state index in [0.717, 1.165) is 0 Å². The fourth-order valence-electron chi connectivity index (χ4n) is 1.98. The summed E-state index contributed by atoms with van der Waals surface area (Å²) in [6.45, 7) is 3.54. The van der Waals surface area contributed by atoms with Gasteiger partial charge in [-0.15, -0.1) is 0 Å². The van der Waals surface area contributed by atoms with E-state index in [-0.39, 0.29) is 36.9 Å². The van der Waals surface area contributed by atoms with Crippen LogP contribution in [-0.4, -0.2) is 36.7 Å². The molecule has 0 bridgehead atoms. The number of carbonyl (C=O) groups excluding carboxylic acids is 1. The van der Waals surface area contributed by atoms with Gasteiger partial charge in [0, 0.05) is 18.8 Å². The molecule has 1 heterocycles. The van der Waals surface area contributed by atoms with E-state index in [9.17, 15) is 13.2 Å². The molecular weight excluding hydrogens is 456 g/mol. The summed E-state index contributed by atoms with van der Waals surface area (Å²) in [5.74, 6) is -0.671. The maximum absolute atomic E-state index is 12.4. The molecule has 6 nitrogen and oxygen atoms in total. The summed E-state index contributed by atoms with van der Waals surface area (Å²) in [5, 5.41) is 2.12. The SMILES string of the molecule is CC(C)N(C)S(=O)(=O)c1ccc(NC(=O)c2nc(Cl)c(Cl)c(Cl)c2Cl)cc1. The number of carbonyl (C=O) groups is 1. The van der Waals surface area contributed by atoms with Crippen molar-refractivity contribution in [2.75, 3.05) is 12.4 Å². The van der Waals surface area contributed by atoms with E-state index in [2.05, 4.69) is 10.3 Å². The van der Waals surface area contributed by atoms with E-state index in [1.165, 1.54) is 35.6 Å². The van der Waals surface area contributed by atoms with E-state index < -0.39 is 15.9 Å². The number of benzene rings is 1. The molecule has 0 unspecified atom stereocenters. The molecule has 1 N–H and O–H groups in total. The highest BCUT2D eigenvalue weighted by Crippen LogP contribution is 2.36. The van der Waals surface area contributed by atoms with Crippen LogP contribution in [-0.2, 0) is 10.0 Å². The summed E-state index contributed by atoms with van der Waals surface area (Å²) in [7, 11) is -2.12. The van der Waals surface area contributed by atoms with E-state index in [1.54, 1.807) is 13.8 Å². The number of nitrogens with one attached hydrogen (secondary N) is 1. The molecule has 0 atom stereocenters. The average molecular weight is 471 g/mol. The van der Waals surface area contributed by atoms with Crippen LogP contribution in [0.5, 0.6) is 0 Å². The van der Waals surface area contributed by atoms with E-state index in [1.807, 2.05) is 0 Å². The first-order valence-electron chi connectivity index (χ1n) is 7.56. The number of nitrogens with zero attached hydrogens (tertiary/aromatic N) is 2. The van der Waals surface area contributed by atoms with Crippen LogP contribution in [0.25, 0.3) is 0 Å². The third-order valence-corrected chi connectivity index (χ3v) is 7.44. The average Bonchev–Trinajstić information content (AvgIpc) is 2.62. The normalized spacial score (nSPS) is 11.9. The Morgan fingerprint density at radius 1 is 1.04 bits per heavy atom. The molecule has 0 aliphatic carbocycles. The van der Waals surface area contributed by atoms with Crippen LogP contribution < -0.4 is 5.32 Å². The Kier molecular flexibility index (Phi) is 7.00. The number of sulfonamides is 1. The van der Waals surface area contributed by atoms with Gasteiger partial charge in [0.2, 0.25) is 10.0 Å². The Bertz CT molecular complexity index is 979. The first kappa shape index (κ1) is 22.2. The molecule has 0 aliphatic heterocycles. The van der Waals surface area contributed by atoms with Gasteiger partial charge in [0.05, 0.1) is 20.0 Å². The number of amides is 1. The number of halogens is 4. The largest absolute Gasteiger partial charge is 0.321 e. The Labute approximate surface area is 177 Å². The van der Waals surface area contributed by atoms with Crippen LogP contribution in [0.2, 0.25) is 20.2 Å². The topological polar surface area (TPSA) is 79.4 Å². The lowest BCUT2D eigenvalue weighted by Gasteiger charge is -2.21. The van der Waals surface area contributed by atoms with Crippen molar-refractivity contribution in [2.45, 2.75) is 24.8 Å². The van der Waals surface area contributed by atoms with Gasteiger partial charge in [-0.1, -0.05) is 46.4 Å². The molecule has 1 aromatic heterocycles. The fraction of sp³-hybridized carbons (Fsp3) is 0.250. The van der Waals surface area contributed by atoms with Crippen molar-refractivity contribution in [2.24, 2.45) is 0 Å². The van der Waals surface area contributed by atoms with Crippen molar-refractivity contribution in [3.63, 3.8) is 0 Å². The van der Waals surface area contributed by atoms with Crippen molar-refractivity contribution in [3.8, 4) is 0 Å². The maximum atomic E-state index is 12.4. The lowest BCUT2D eigenvalue weighted by molar-refractivity contribution is 0.102. The Morgan fingerprint density at radius 2 is 1.59 bits per heavy atom. The van der Waals surface area contributed by atoms with Gasteiger partial charge in [0.15, 0.2) is 0 Å². The summed E-state index contributed by atoms with van der Waals surface area (Å²) in [6, 6.07) is 5.49. The van der Waals surface area contributed by atoms with Crippen molar-refractivity contribution >= 4 is 68.0 Å². The molecule has 11 heteroatoms. The third-order valence-electron chi connectivity index (χ3n) is 3.72. The second kappa shape index (κ2) is 8.51. The van der Waals surface area contributed by atoms with Crippen LogP contribution >= 0.6 is 46.4 Å². The van der Waals surface area contributed by atoms with Gasteiger partial charge in [-0.3, -0.25) is 4.79 Å². The molecule has 0 fully saturated rings. The quantitative estimate of drug-likeness (QED) is 0.625. The van der Waals surface area contributed by atoms with Crippen molar-refractivity contribution < 1.29 is 13.2 Å². The van der Waals surface area contributed by atoms with Crippen molar-refractivity contribution in [1.82, 2.24) is 9.29 Å². The Morgan fingerprint density at radius 3 is 2.11 bits per heavy atom. The highest BCUT2D eigenvalue weighted by Gasteiger charge is 2.23. The minimum atomic E-state index is -3.62. The van der Waals surface area contributed by atoms with Gasteiger partial charge < -0.3 is 5.32 Å². The van der Waals surface area contributed by atoms with Crippen molar-refractivity contribution in [1.29, 1.82) is 0 Å². The molecule has 0 radical (unpaired) electrons. The number of hydrogen-bond acceptors (Lipinski definition) is 4. The first-order valence-corrected chi connectivity index (χ1v) is 10.5.